The Kier molecular flexibility index (Phi) is 4.32. The Morgan fingerprint density at radius 1 is 1.44 bits per heavy atom. The zero-order valence-corrected chi connectivity index (χ0v) is 14.0. The SMILES string of the molecule is COC(=O)C1=C(C)NC2=C(C(=O)OC2)C1c1cccc(F)c1C(C)F. The summed E-state index contributed by atoms with van der Waals surface area (Å²) in [5.41, 5.74) is 1.28. The molecule has 0 saturated carbocycles. The summed E-state index contributed by atoms with van der Waals surface area (Å²) in [7, 11) is 1.21. The number of allylic oxidation sites excluding steroid dienone is 1. The fourth-order valence-corrected chi connectivity index (χ4v) is 3.38. The lowest BCUT2D eigenvalue weighted by Crippen LogP contribution is -2.30. The molecule has 2 atom stereocenters. The molecule has 0 amide bonds. The van der Waals surface area contributed by atoms with E-state index >= 15 is 0 Å². The number of benzene rings is 1. The van der Waals surface area contributed by atoms with Gasteiger partial charge in [-0.15, -0.1) is 0 Å². The summed E-state index contributed by atoms with van der Waals surface area (Å²) in [5.74, 6) is -2.99. The van der Waals surface area contributed by atoms with Gasteiger partial charge < -0.3 is 14.8 Å². The maximum atomic E-state index is 14.3. The van der Waals surface area contributed by atoms with Crippen molar-refractivity contribution in [2.75, 3.05) is 13.7 Å². The Morgan fingerprint density at radius 2 is 2.16 bits per heavy atom. The van der Waals surface area contributed by atoms with Crippen LogP contribution in [0.25, 0.3) is 0 Å². The Hall–Kier alpha value is -2.70. The molecule has 3 rings (SSSR count). The van der Waals surface area contributed by atoms with E-state index in [9.17, 15) is 18.4 Å². The molecule has 2 aliphatic rings. The molecule has 0 aliphatic carbocycles. The number of hydrogen-bond acceptors (Lipinski definition) is 5. The highest BCUT2D eigenvalue weighted by molar-refractivity contribution is 6.01. The Balaban J connectivity index is 2.28. The van der Waals surface area contributed by atoms with Crippen LogP contribution < -0.4 is 5.32 Å². The number of halogens is 2. The molecule has 2 aliphatic heterocycles. The number of hydrogen-bond donors (Lipinski definition) is 1. The summed E-state index contributed by atoms with van der Waals surface area (Å²) >= 11 is 0. The van der Waals surface area contributed by atoms with Crippen LogP contribution in [0, 0.1) is 5.82 Å². The van der Waals surface area contributed by atoms with Gasteiger partial charge in [0, 0.05) is 11.3 Å². The molecule has 2 heterocycles. The highest BCUT2D eigenvalue weighted by atomic mass is 19.1. The molecule has 0 radical (unpaired) electrons. The van der Waals surface area contributed by atoms with Crippen molar-refractivity contribution in [1.29, 1.82) is 0 Å². The topological polar surface area (TPSA) is 64.6 Å². The lowest BCUT2D eigenvalue weighted by atomic mass is 9.78. The zero-order valence-electron chi connectivity index (χ0n) is 14.0. The zero-order chi connectivity index (χ0) is 18.3. The Labute approximate surface area is 143 Å². The van der Waals surface area contributed by atoms with Gasteiger partial charge in [-0.3, -0.25) is 0 Å². The molecular formula is C18H17F2NO4. The summed E-state index contributed by atoms with van der Waals surface area (Å²) in [6.07, 6.45) is -1.62. The fourth-order valence-electron chi connectivity index (χ4n) is 3.38. The normalized spacial score (nSPS) is 20.8. The van der Waals surface area contributed by atoms with Gasteiger partial charge in [-0.2, -0.15) is 0 Å². The summed E-state index contributed by atoms with van der Waals surface area (Å²) < 4.78 is 38.3. The van der Waals surface area contributed by atoms with Gasteiger partial charge in [-0.1, -0.05) is 12.1 Å². The quantitative estimate of drug-likeness (QED) is 0.850. The lowest BCUT2D eigenvalue weighted by molar-refractivity contribution is -0.136. The number of rotatable bonds is 3. The molecule has 0 spiro atoms. The van der Waals surface area contributed by atoms with E-state index < -0.39 is 29.8 Å². The van der Waals surface area contributed by atoms with Crippen LogP contribution in [-0.4, -0.2) is 25.7 Å². The van der Waals surface area contributed by atoms with E-state index in [1.54, 1.807) is 6.92 Å². The minimum Gasteiger partial charge on any atom is -0.466 e. The summed E-state index contributed by atoms with van der Waals surface area (Å²) in [6.45, 7) is 2.87. The van der Waals surface area contributed by atoms with Crippen molar-refractivity contribution in [3.63, 3.8) is 0 Å². The number of nitrogens with one attached hydrogen (secondary N) is 1. The molecule has 2 unspecified atom stereocenters. The maximum Gasteiger partial charge on any atom is 0.337 e. The average Bonchev–Trinajstić information content (AvgIpc) is 2.93. The summed E-state index contributed by atoms with van der Waals surface area (Å²) in [6, 6.07) is 4.08. The molecule has 5 nitrogen and oxygen atoms in total. The number of carbonyl (C=O) groups is 2. The maximum absolute atomic E-state index is 14.3. The van der Waals surface area contributed by atoms with Crippen molar-refractivity contribution in [3.8, 4) is 0 Å². The predicted octanol–water partition coefficient (Wildman–Crippen LogP) is 2.80. The first-order chi connectivity index (χ1) is 11.9. The van der Waals surface area contributed by atoms with Gasteiger partial charge in [0.2, 0.25) is 0 Å². The first-order valence-electron chi connectivity index (χ1n) is 7.75. The molecule has 1 aromatic carbocycles. The highest BCUT2D eigenvalue weighted by Crippen LogP contribution is 2.44. The van der Waals surface area contributed by atoms with Crippen LogP contribution in [0.1, 0.15) is 37.1 Å². The number of cyclic esters (lactones) is 1. The van der Waals surface area contributed by atoms with Crippen molar-refractivity contribution < 1.29 is 27.8 Å². The second kappa shape index (κ2) is 6.31. The van der Waals surface area contributed by atoms with Crippen molar-refractivity contribution >= 4 is 11.9 Å². The van der Waals surface area contributed by atoms with Gasteiger partial charge in [0.05, 0.1) is 29.9 Å². The van der Waals surface area contributed by atoms with Crippen molar-refractivity contribution in [2.24, 2.45) is 0 Å². The standard InChI is InChI=1S/C18H17F2NO4/c1-8(19)13-10(5-4-6-11(13)20)15-14(17(22)24-3)9(2)21-12-7-25-18(23)16(12)15/h4-6,8,15,21H,7H2,1-3H3. The van der Waals surface area contributed by atoms with Gasteiger partial charge in [0.15, 0.2) is 0 Å². The molecule has 0 saturated heterocycles. The first kappa shape index (κ1) is 17.1. The second-order valence-corrected chi connectivity index (χ2v) is 5.92. The van der Waals surface area contributed by atoms with Crippen LogP contribution in [0.4, 0.5) is 8.78 Å². The number of esters is 2. The number of carbonyl (C=O) groups excluding carboxylic acids is 2. The second-order valence-electron chi connectivity index (χ2n) is 5.92. The number of alkyl halides is 1. The van der Waals surface area contributed by atoms with Gasteiger partial charge in [0.25, 0.3) is 0 Å². The van der Waals surface area contributed by atoms with Crippen LogP contribution >= 0.6 is 0 Å². The van der Waals surface area contributed by atoms with E-state index in [2.05, 4.69) is 5.32 Å². The summed E-state index contributed by atoms with van der Waals surface area (Å²) in [5, 5.41) is 2.96. The van der Waals surface area contributed by atoms with Crippen LogP contribution in [0.2, 0.25) is 0 Å². The largest absolute Gasteiger partial charge is 0.466 e. The average molecular weight is 349 g/mol. The summed E-state index contributed by atoms with van der Waals surface area (Å²) in [4.78, 5) is 24.6. The van der Waals surface area contributed by atoms with Crippen LogP contribution in [0.5, 0.6) is 0 Å². The van der Waals surface area contributed by atoms with Crippen molar-refractivity contribution in [2.45, 2.75) is 25.9 Å². The Morgan fingerprint density at radius 3 is 2.80 bits per heavy atom. The van der Waals surface area contributed by atoms with E-state index in [1.165, 1.54) is 26.2 Å². The number of dihydropyridines is 1. The molecule has 1 aromatic rings. The molecule has 25 heavy (non-hydrogen) atoms. The molecule has 0 fully saturated rings. The van der Waals surface area contributed by atoms with Crippen molar-refractivity contribution in [1.82, 2.24) is 5.32 Å². The van der Waals surface area contributed by atoms with Gasteiger partial charge >= 0.3 is 11.9 Å². The first-order valence-corrected chi connectivity index (χ1v) is 7.75. The third-order valence-electron chi connectivity index (χ3n) is 4.41. The third kappa shape index (κ3) is 2.69. The van der Waals surface area contributed by atoms with Crippen molar-refractivity contribution in [3.05, 3.63) is 57.7 Å². The van der Waals surface area contributed by atoms with E-state index in [-0.39, 0.29) is 28.9 Å². The molecule has 0 aromatic heterocycles. The van der Waals surface area contributed by atoms with E-state index in [0.717, 1.165) is 6.07 Å². The fraction of sp³-hybridized carbons (Fsp3) is 0.333. The minimum absolute atomic E-state index is 0.0201. The molecule has 1 N–H and O–H groups in total. The Bertz CT molecular complexity index is 826. The number of methoxy groups -OCH3 is 1. The van der Waals surface area contributed by atoms with Gasteiger partial charge in [-0.05, 0) is 25.5 Å². The number of ether oxygens (including phenoxy) is 2. The monoisotopic (exact) mass is 349 g/mol. The van der Waals surface area contributed by atoms with E-state index in [0.29, 0.717) is 11.4 Å². The highest BCUT2D eigenvalue weighted by Gasteiger charge is 2.43. The predicted molar refractivity (Wildman–Crippen MR) is 84.5 cm³/mol. The molecule has 7 heteroatoms. The molecule has 0 bridgehead atoms. The van der Waals surface area contributed by atoms with Gasteiger partial charge in [-0.25, -0.2) is 18.4 Å². The van der Waals surface area contributed by atoms with Gasteiger partial charge in [0.1, 0.15) is 18.6 Å². The lowest BCUT2D eigenvalue weighted by Gasteiger charge is -2.29. The smallest absolute Gasteiger partial charge is 0.337 e. The van der Waals surface area contributed by atoms with E-state index in [1.807, 2.05) is 0 Å². The molecular weight excluding hydrogens is 332 g/mol. The van der Waals surface area contributed by atoms with Crippen LogP contribution in [0.15, 0.2) is 40.7 Å². The van der Waals surface area contributed by atoms with Crippen LogP contribution in [-0.2, 0) is 19.1 Å². The van der Waals surface area contributed by atoms with Crippen LogP contribution in [0.3, 0.4) is 0 Å². The molecule has 132 valence electrons. The minimum atomic E-state index is -1.62. The van der Waals surface area contributed by atoms with E-state index in [4.69, 9.17) is 9.47 Å². The third-order valence-corrected chi connectivity index (χ3v) is 4.41.